The number of nitrogens with zero attached hydrogens (tertiary/aromatic N) is 5. The molecule has 3 aromatic heterocycles. The van der Waals surface area contributed by atoms with Crippen molar-refractivity contribution in [3.63, 3.8) is 0 Å². The van der Waals surface area contributed by atoms with Crippen LogP contribution in [0.5, 0.6) is 0 Å². The Bertz CT molecular complexity index is 1380. The fourth-order valence-corrected chi connectivity index (χ4v) is 6.08. The molecule has 0 bridgehead atoms. The summed E-state index contributed by atoms with van der Waals surface area (Å²) in [6, 6.07) is 8.34. The normalized spacial score (nSPS) is 22.5. The molecule has 0 amide bonds. The van der Waals surface area contributed by atoms with Crippen LogP contribution in [-0.4, -0.2) is 38.7 Å². The zero-order valence-corrected chi connectivity index (χ0v) is 21.0. The topological polar surface area (TPSA) is 71.5 Å². The number of aromatic nitrogens is 4. The average Bonchev–Trinajstić information content (AvgIpc) is 3.50. The molecule has 2 aliphatic rings. The summed E-state index contributed by atoms with van der Waals surface area (Å²) >= 11 is 0. The van der Waals surface area contributed by atoms with Gasteiger partial charge in [0.25, 0.3) is 6.01 Å². The first-order valence-electron chi connectivity index (χ1n) is 13.3. The molecule has 0 radical (unpaired) electrons. The highest BCUT2D eigenvalue weighted by atomic mass is 19.1. The lowest BCUT2D eigenvalue weighted by molar-refractivity contribution is 0.245. The lowest BCUT2D eigenvalue weighted by atomic mass is 9.77. The first-order chi connectivity index (χ1) is 18.0. The molecule has 9 heteroatoms. The SMILES string of the molecule is Cc1nc2ccc(N3CCC[C@H](C[C@@H]4CCCC[C@H]4Nc4ncc(-c5ccc(F)cc5F)o4)C3)cn2n1. The summed E-state index contributed by atoms with van der Waals surface area (Å²) < 4.78 is 35.2. The van der Waals surface area contributed by atoms with Gasteiger partial charge in [0.15, 0.2) is 11.4 Å². The summed E-state index contributed by atoms with van der Waals surface area (Å²) in [5, 5.41) is 7.98. The molecular weight excluding hydrogens is 474 g/mol. The summed E-state index contributed by atoms with van der Waals surface area (Å²) in [4.78, 5) is 11.3. The van der Waals surface area contributed by atoms with Gasteiger partial charge in [-0.15, -0.1) is 0 Å². The molecule has 0 unspecified atom stereocenters. The number of hydrogen-bond acceptors (Lipinski definition) is 6. The van der Waals surface area contributed by atoms with Crippen molar-refractivity contribution < 1.29 is 13.2 Å². The van der Waals surface area contributed by atoms with Crippen molar-refractivity contribution in [1.82, 2.24) is 19.6 Å². The van der Waals surface area contributed by atoms with Gasteiger partial charge in [0.1, 0.15) is 17.5 Å². The van der Waals surface area contributed by atoms with Crippen LogP contribution in [0, 0.1) is 30.4 Å². The first-order valence-corrected chi connectivity index (χ1v) is 13.3. The van der Waals surface area contributed by atoms with E-state index < -0.39 is 11.6 Å². The number of aryl methyl sites for hydroxylation is 1. The maximum Gasteiger partial charge on any atom is 0.295 e. The van der Waals surface area contributed by atoms with Crippen LogP contribution in [0.4, 0.5) is 20.5 Å². The highest BCUT2D eigenvalue weighted by Crippen LogP contribution is 2.36. The van der Waals surface area contributed by atoms with E-state index in [2.05, 4.69) is 37.5 Å². The second-order valence-electron chi connectivity index (χ2n) is 10.5. The minimum absolute atomic E-state index is 0.212. The van der Waals surface area contributed by atoms with Gasteiger partial charge in [-0.25, -0.2) is 23.3 Å². The van der Waals surface area contributed by atoms with Gasteiger partial charge in [-0.05, 0) is 75.1 Å². The zero-order valence-electron chi connectivity index (χ0n) is 21.0. The molecule has 3 atom stereocenters. The number of fused-ring (bicyclic) bond motifs is 1. The smallest absolute Gasteiger partial charge is 0.295 e. The van der Waals surface area contributed by atoms with E-state index in [4.69, 9.17) is 4.42 Å². The molecule has 1 saturated carbocycles. The van der Waals surface area contributed by atoms with Crippen molar-refractivity contribution in [3.05, 3.63) is 60.2 Å². The van der Waals surface area contributed by atoms with Gasteiger partial charge in [0, 0.05) is 25.2 Å². The number of anilines is 2. The third-order valence-electron chi connectivity index (χ3n) is 7.86. The summed E-state index contributed by atoms with van der Waals surface area (Å²) in [6.07, 6.45) is 11.8. The van der Waals surface area contributed by atoms with Crippen LogP contribution < -0.4 is 10.2 Å². The summed E-state index contributed by atoms with van der Waals surface area (Å²) in [6.45, 7) is 4.01. The second kappa shape index (κ2) is 10.1. The molecule has 4 aromatic rings. The van der Waals surface area contributed by atoms with Crippen molar-refractivity contribution >= 4 is 17.3 Å². The number of rotatable bonds is 6. The fourth-order valence-electron chi connectivity index (χ4n) is 6.08. The minimum Gasteiger partial charge on any atom is -0.423 e. The molecule has 1 aliphatic heterocycles. The molecule has 6 rings (SSSR count). The van der Waals surface area contributed by atoms with Crippen LogP contribution in [-0.2, 0) is 0 Å². The number of halogens is 2. The maximum atomic E-state index is 14.2. The molecule has 37 heavy (non-hydrogen) atoms. The van der Waals surface area contributed by atoms with Gasteiger partial charge >= 0.3 is 0 Å². The molecule has 1 aromatic carbocycles. The van der Waals surface area contributed by atoms with E-state index in [9.17, 15) is 8.78 Å². The Morgan fingerprint density at radius 2 is 1.97 bits per heavy atom. The van der Waals surface area contributed by atoms with Crippen LogP contribution in [0.25, 0.3) is 17.0 Å². The predicted octanol–water partition coefficient (Wildman–Crippen LogP) is 6.25. The number of piperidine rings is 1. The third kappa shape index (κ3) is 5.17. The highest BCUT2D eigenvalue weighted by molar-refractivity contribution is 5.58. The maximum absolute atomic E-state index is 14.2. The standard InChI is InChI=1S/C28H32F2N6O/c1-18-32-27-11-9-22(17-36(27)34-18)35-12-4-5-19(16-35)13-20-6-2-3-7-25(20)33-28-31-15-26(37-28)23-10-8-21(29)14-24(23)30/h8-11,14-15,17,19-20,25H,2-7,12-13,16H2,1H3,(H,31,33)/t19-,20+,25-/m1/s1. The van der Waals surface area contributed by atoms with E-state index >= 15 is 0 Å². The second-order valence-corrected chi connectivity index (χ2v) is 10.5. The Kier molecular flexibility index (Phi) is 6.52. The Morgan fingerprint density at radius 3 is 2.86 bits per heavy atom. The van der Waals surface area contributed by atoms with Gasteiger partial charge in [-0.2, -0.15) is 5.10 Å². The van der Waals surface area contributed by atoms with E-state index in [-0.39, 0.29) is 11.6 Å². The van der Waals surface area contributed by atoms with E-state index in [0.29, 0.717) is 23.6 Å². The van der Waals surface area contributed by atoms with Crippen molar-refractivity contribution in [2.45, 2.75) is 57.9 Å². The number of hydrogen-bond donors (Lipinski definition) is 1. The molecule has 1 N–H and O–H groups in total. The van der Waals surface area contributed by atoms with E-state index in [1.54, 1.807) is 0 Å². The lowest BCUT2D eigenvalue weighted by Crippen LogP contribution is -2.39. The van der Waals surface area contributed by atoms with Crippen LogP contribution in [0.15, 0.2) is 47.1 Å². The van der Waals surface area contributed by atoms with E-state index in [1.807, 2.05) is 17.5 Å². The van der Waals surface area contributed by atoms with Crippen molar-refractivity contribution in [2.24, 2.45) is 11.8 Å². The Hall–Kier alpha value is -3.49. The van der Waals surface area contributed by atoms with Crippen molar-refractivity contribution in [2.75, 3.05) is 23.3 Å². The average molecular weight is 507 g/mol. The highest BCUT2D eigenvalue weighted by Gasteiger charge is 2.31. The van der Waals surface area contributed by atoms with Gasteiger partial charge in [-0.3, -0.25) is 0 Å². The summed E-state index contributed by atoms with van der Waals surface area (Å²) in [5.41, 5.74) is 2.28. The Morgan fingerprint density at radius 1 is 1.08 bits per heavy atom. The Labute approximate surface area is 214 Å². The summed E-state index contributed by atoms with van der Waals surface area (Å²) in [7, 11) is 0. The number of oxazole rings is 1. The molecular formula is C28H32F2N6O. The number of benzene rings is 1. The first kappa shape index (κ1) is 23.9. The van der Waals surface area contributed by atoms with Crippen LogP contribution in [0.3, 0.4) is 0 Å². The Balaban J connectivity index is 1.12. The van der Waals surface area contributed by atoms with Crippen LogP contribution >= 0.6 is 0 Å². The quantitative estimate of drug-likeness (QED) is 0.333. The molecule has 1 saturated heterocycles. The summed E-state index contributed by atoms with van der Waals surface area (Å²) in [5.74, 6) is 0.956. The largest absolute Gasteiger partial charge is 0.423 e. The third-order valence-corrected chi connectivity index (χ3v) is 7.86. The van der Waals surface area contributed by atoms with Crippen LogP contribution in [0.1, 0.15) is 50.8 Å². The predicted molar refractivity (Wildman–Crippen MR) is 139 cm³/mol. The lowest BCUT2D eigenvalue weighted by Gasteiger charge is -2.39. The van der Waals surface area contributed by atoms with Gasteiger partial charge in [0.05, 0.1) is 23.6 Å². The molecule has 194 valence electrons. The molecule has 1 aliphatic carbocycles. The molecule has 0 spiro atoms. The van der Waals surface area contributed by atoms with Crippen molar-refractivity contribution in [1.29, 1.82) is 0 Å². The van der Waals surface area contributed by atoms with Gasteiger partial charge in [0.2, 0.25) is 0 Å². The van der Waals surface area contributed by atoms with E-state index in [0.717, 1.165) is 43.5 Å². The molecule has 7 nitrogen and oxygen atoms in total. The fraction of sp³-hybridized carbons (Fsp3) is 0.464. The van der Waals surface area contributed by atoms with Crippen molar-refractivity contribution in [3.8, 4) is 11.3 Å². The molecule has 2 fully saturated rings. The number of nitrogens with one attached hydrogen (secondary N) is 1. The molecule has 4 heterocycles. The van der Waals surface area contributed by atoms with Gasteiger partial charge in [-0.1, -0.05) is 12.8 Å². The van der Waals surface area contributed by atoms with Gasteiger partial charge < -0.3 is 14.6 Å². The monoisotopic (exact) mass is 506 g/mol. The van der Waals surface area contributed by atoms with E-state index in [1.165, 1.54) is 56.1 Å². The zero-order chi connectivity index (χ0) is 25.4. The minimum atomic E-state index is -0.654. The van der Waals surface area contributed by atoms with Crippen LogP contribution in [0.2, 0.25) is 0 Å². The number of pyridine rings is 1.